The molecule has 0 fully saturated rings. The average molecular weight is 526 g/mol. The van der Waals surface area contributed by atoms with Crippen molar-refractivity contribution in [1.29, 1.82) is 0 Å². The van der Waals surface area contributed by atoms with Crippen LogP contribution in [0.5, 0.6) is 0 Å². The fourth-order valence-corrected chi connectivity index (χ4v) is 4.62. The lowest BCUT2D eigenvalue weighted by Crippen LogP contribution is -2.52. The normalized spacial score (nSPS) is 12.7. The first-order valence-corrected chi connectivity index (χ1v) is 13.5. The van der Waals surface area contributed by atoms with Crippen LogP contribution in [0, 0.1) is 5.82 Å². The van der Waals surface area contributed by atoms with E-state index in [1.54, 1.807) is 43.3 Å². The fraction of sp³-hybridized carbons (Fsp3) is 0.440. The van der Waals surface area contributed by atoms with Crippen LogP contribution >= 0.6 is 11.6 Å². The molecule has 0 aliphatic carbocycles. The van der Waals surface area contributed by atoms with Gasteiger partial charge >= 0.3 is 0 Å². The van der Waals surface area contributed by atoms with Crippen LogP contribution in [0.1, 0.15) is 46.1 Å². The molecule has 2 aromatic rings. The Bertz CT molecular complexity index is 1130. The number of amides is 2. The van der Waals surface area contributed by atoms with Gasteiger partial charge in [-0.05, 0) is 70.0 Å². The number of benzene rings is 2. The minimum absolute atomic E-state index is 0.0148. The molecule has 0 bridgehead atoms. The highest BCUT2D eigenvalue weighted by atomic mass is 35.5. The number of sulfonamides is 1. The summed E-state index contributed by atoms with van der Waals surface area (Å²) in [4.78, 5) is 27.5. The van der Waals surface area contributed by atoms with Gasteiger partial charge in [-0.25, -0.2) is 12.8 Å². The number of hydrogen-bond acceptors (Lipinski definition) is 4. The van der Waals surface area contributed by atoms with Crippen LogP contribution in [0.15, 0.2) is 48.5 Å². The van der Waals surface area contributed by atoms with Gasteiger partial charge in [0, 0.05) is 30.1 Å². The first-order chi connectivity index (χ1) is 16.2. The van der Waals surface area contributed by atoms with E-state index in [1.807, 2.05) is 20.8 Å². The van der Waals surface area contributed by atoms with Gasteiger partial charge in [-0.3, -0.25) is 13.9 Å². The molecular weight excluding hydrogens is 493 g/mol. The maximum absolute atomic E-state index is 13.4. The number of halogens is 2. The zero-order valence-electron chi connectivity index (χ0n) is 20.7. The first kappa shape index (κ1) is 28.6. The van der Waals surface area contributed by atoms with Gasteiger partial charge in [0.05, 0.1) is 11.9 Å². The van der Waals surface area contributed by atoms with Gasteiger partial charge in [-0.15, -0.1) is 0 Å². The predicted molar refractivity (Wildman–Crippen MR) is 137 cm³/mol. The number of anilines is 1. The molecule has 192 valence electrons. The van der Waals surface area contributed by atoms with E-state index in [-0.39, 0.29) is 37.7 Å². The molecule has 2 rings (SSSR count). The Balaban J connectivity index is 2.18. The summed E-state index contributed by atoms with van der Waals surface area (Å²) in [7, 11) is -3.61. The minimum atomic E-state index is -3.61. The monoisotopic (exact) mass is 525 g/mol. The van der Waals surface area contributed by atoms with E-state index in [0.717, 1.165) is 6.26 Å². The van der Waals surface area contributed by atoms with Crippen molar-refractivity contribution in [3.05, 3.63) is 64.9 Å². The minimum Gasteiger partial charge on any atom is -0.350 e. The highest BCUT2D eigenvalue weighted by Gasteiger charge is 2.28. The summed E-state index contributed by atoms with van der Waals surface area (Å²) in [6, 6.07) is 11.4. The van der Waals surface area contributed by atoms with E-state index < -0.39 is 27.4 Å². The maximum Gasteiger partial charge on any atom is 0.242 e. The second-order valence-electron chi connectivity index (χ2n) is 9.48. The fourth-order valence-electron chi connectivity index (χ4n) is 3.48. The van der Waals surface area contributed by atoms with Crippen LogP contribution in [0.3, 0.4) is 0 Å². The second kappa shape index (κ2) is 11.9. The highest BCUT2D eigenvalue weighted by molar-refractivity contribution is 7.92. The molecule has 10 heteroatoms. The van der Waals surface area contributed by atoms with Gasteiger partial charge in [-0.2, -0.15) is 0 Å². The van der Waals surface area contributed by atoms with Crippen LogP contribution in [0.2, 0.25) is 5.02 Å². The topological polar surface area (TPSA) is 86.8 Å². The van der Waals surface area contributed by atoms with Gasteiger partial charge in [0.15, 0.2) is 0 Å². The molecule has 0 saturated carbocycles. The van der Waals surface area contributed by atoms with Crippen LogP contribution in [0.4, 0.5) is 10.1 Å². The lowest BCUT2D eigenvalue weighted by Gasteiger charge is -2.32. The van der Waals surface area contributed by atoms with Crippen LogP contribution in [0.25, 0.3) is 0 Å². The first-order valence-electron chi connectivity index (χ1n) is 11.3. The maximum atomic E-state index is 13.4. The SMILES string of the molecule is CC(C(=O)NC(C)(C)C)N(Cc1ccc(F)cc1)C(=O)CCCN(c1cccc(Cl)c1)S(C)(=O)=O. The molecule has 2 aromatic carbocycles. The van der Waals surface area contributed by atoms with E-state index in [2.05, 4.69) is 5.32 Å². The lowest BCUT2D eigenvalue weighted by atomic mass is 10.1. The average Bonchev–Trinajstić information content (AvgIpc) is 2.73. The number of hydrogen-bond donors (Lipinski definition) is 1. The Labute approximate surface area is 212 Å². The molecule has 1 N–H and O–H groups in total. The summed E-state index contributed by atoms with van der Waals surface area (Å²) in [5, 5.41) is 3.28. The Kier molecular flexibility index (Phi) is 9.68. The van der Waals surface area contributed by atoms with Crippen LogP contribution in [-0.4, -0.2) is 49.5 Å². The summed E-state index contributed by atoms with van der Waals surface area (Å²) in [5.74, 6) is -1.03. The van der Waals surface area contributed by atoms with Gasteiger partial charge in [0.2, 0.25) is 21.8 Å². The molecule has 0 aromatic heterocycles. The summed E-state index contributed by atoms with van der Waals surface area (Å²) in [5.41, 5.74) is 0.600. The van der Waals surface area contributed by atoms with Crippen molar-refractivity contribution in [3.63, 3.8) is 0 Å². The third-order valence-electron chi connectivity index (χ3n) is 5.18. The molecule has 0 saturated heterocycles. The van der Waals surface area contributed by atoms with Crippen molar-refractivity contribution in [2.75, 3.05) is 17.1 Å². The quantitative estimate of drug-likeness (QED) is 0.499. The zero-order valence-corrected chi connectivity index (χ0v) is 22.3. The van der Waals surface area contributed by atoms with Gasteiger partial charge in [-0.1, -0.05) is 29.8 Å². The summed E-state index contributed by atoms with van der Waals surface area (Å²) >= 11 is 6.02. The Morgan fingerprint density at radius 3 is 2.29 bits per heavy atom. The number of nitrogens with one attached hydrogen (secondary N) is 1. The number of rotatable bonds is 10. The Morgan fingerprint density at radius 2 is 1.74 bits per heavy atom. The smallest absolute Gasteiger partial charge is 0.242 e. The van der Waals surface area contributed by atoms with Gasteiger partial charge < -0.3 is 10.2 Å². The largest absolute Gasteiger partial charge is 0.350 e. The standard InChI is InChI=1S/C25H33ClFN3O4S/c1-18(24(32)28-25(2,3)4)29(17-19-11-13-21(27)14-12-19)23(31)10-7-15-30(35(5,33)34)22-9-6-8-20(26)16-22/h6,8-9,11-14,16,18H,7,10,15,17H2,1-5H3,(H,28,32). The highest BCUT2D eigenvalue weighted by Crippen LogP contribution is 2.22. The molecule has 0 heterocycles. The van der Waals surface area contributed by atoms with Crippen LogP contribution < -0.4 is 9.62 Å². The van der Waals surface area contributed by atoms with E-state index in [4.69, 9.17) is 11.6 Å². The van der Waals surface area contributed by atoms with E-state index >= 15 is 0 Å². The van der Waals surface area contributed by atoms with E-state index in [9.17, 15) is 22.4 Å². The Hall–Kier alpha value is -2.65. The summed E-state index contributed by atoms with van der Waals surface area (Å²) in [6.07, 6.45) is 1.34. The predicted octanol–water partition coefficient (Wildman–Crippen LogP) is 4.36. The third kappa shape index (κ3) is 9.14. The molecule has 35 heavy (non-hydrogen) atoms. The molecule has 0 spiro atoms. The molecule has 0 aliphatic rings. The molecular formula is C25H33ClFN3O4S. The van der Waals surface area contributed by atoms with E-state index in [0.29, 0.717) is 16.3 Å². The third-order valence-corrected chi connectivity index (χ3v) is 6.61. The van der Waals surface area contributed by atoms with Gasteiger partial charge in [0.1, 0.15) is 11.9 Å². The van der Waals surface area contributed by atoms with Crippen molar-refractivity contribution in [3.8, 4) is 0 Å². The van der Waals surface area contributed by atoms with Gasteiger partial charge in [0.25, 0.3) is 0 Å². The van der Waals surface area contributed by atoms with Crippen LogP contribution in [-0.2, 0) is 26.2 Å². The number of nitrogens with zero attached hydrogens (tertiary/aromatic N) is 2. The molecule has 7 nitrogen and oxygen atoms in total. The molecule has 1 atom stereocenters. The molecule has 1 unspecified atom stereocenters. The number of carbonyl (C=O) groups excluding carboxylic acids is 2. The molecule has 2 amide bonds. The zero-order chi connectivity index (χ0) is 26.4. The van der Waals surface area contributed by atoms with E-state index in [1.165, 1.54) is 21.3 Å². The van der Waals surface area contributed by atoms with Crippen molar-refractivity contribution < 1.29 is 22.4 Å². The summed E-state index contributed by atoms with van der Waals surface area (Å²) in [6.45, 7) is 7.36. The molecule has 0 aliphatic heterocycles. The van der Waals surface area contributed by atoms with Crippen molar-refractivity contribution in [1.82, 2.24) is 10.2 Å². The number of carbonyl (C=O) groups is 2. The molecule has 0 radical (unpaired) electrons. The lowest BCUT2D eigenvalue weighted by molar-refractivity contribution is -0.141. The second-order valence-corrected chi connectivity index (χ2v) is 11.8. The van der Waals surface area contributed by atoms with Crippen molar-refractivity contribution in [2.45, 2.75) is 58.7 Å². The van der Waals surface area contributed by atoms with Crippen molar-refractivity contribution in [2.24, 2.45) is 0 Å². The summed E-state index contributed by atoms with van der Waals surface area (Å²) < 4.78 is 39.3. The Morgan fingerprint density at radius 1 is 1.11 bits per heavy atom. The van der Waals surface area contributed by atoms with Crippen molar-refractivity contribution >= 4 is 39.1 Å².